The smallest absolute Gasteiger partial charge is 0.134 e. The summed E-state index contributed by atoms with van der Waals surface area (Å²) in [5.41, 5.74) is 0. The number of hydrogen-bond acceptors (Lipinski definition) is 5. The van der Waals surface area contributed by atoms with Gasteiger partial charge in [0.15, 0.2) is 0 Å². The largest absolute Gasteiger partial charge is 0.363 e. The predicted octanol–water partition coefficient (Wildman–Crippen LogP) is 1.29. The monoisotopic (exact) mass is 263 g/mol. The van der Waals surface area contributed by atoms with Crippen molar-refractivity contribution in [1.82, 2.24) is 15.3 Å². The van der Waals surface area contributed by atoms with Gasteiger partial charge in [-0.3, -0.25) is 0 Å². The van der Waals surface area contributed by atoms with E-state index in [0.29, 0.717) is 0 Å². The van der Waals surface area contributed by atoms with Gasteiger partial charge in [-0.1, -0.05) is 0 Å². The minimum absolute atomic E-state index is 0.768. The molecule has 1 saturated heterocycles. The molecule has 0 bridgehead atoms. The molecule has 0 unspecified atom stereocenters. The minimum atomic E-state index is 0.768. The van der Waals surface area contributed by atoms with E-state index in [1.165, 1.54) is 12.8 Å². The molecule has 0 spiro atoms. The fraction of sp³-hybridized carbons (Fsp3) is 0.714. The van der Waals surface area contributed by atoms with Crippen LogP contribution in [0.25, 0.3) is 0 Å². The Hall–Kier alpha value is -1.36. The molecule has 0 radical (unpaired) electrons. The van der Waals surface area contributed by atoms with Crippen molar-refractivity contribution in [2.75, 3.05) is 50.6 Å². The quantitative estimate of drug-likeness (QED) is 0.887. The molecular weight excluding hydrogens is 238 g/mol. The second-order valence-corrected chi connectivity index (χ2v) is 5.60. The van der Waals surface area contributed by atoms with Crippen LogP contribution in [-0.2, 0) is 0 Å². The number of aryl methyl sites for hydroxylation is 1. The van der Waals surface area contributed by atoms with Gasteiger partial charge in [0.1, 0.15) is 17.5 Å². The molecule has 1 aliphatic rings. The molecule has 0 atom stereocenters. The summed E-state index contributed by atoms with van der Waals surface area (Å²) >= 11 is 0. The van der Waals surface area contributed by atoms with Gasteiger partial charge >= 0.3 is 0 Å². The summed E-state index contributed by atoms with van der Waals surface area (Å²) in [6.07, 6.45) is 2.52. The Bertz CT molecular complexity index is 412. The molecule has 0 aromatic carbocycles. The molecular formula is C14H25N5. The third-order valence-electron chi connectivity index (χ3n) is 3.65. The second-order valence-electron chi connectivity index (χ2n) is 5.60. The van der Waals surface area contributed by atoms with Crippen LogP contribution in [0.3, 0.4) is 0 Å². The zero-order valence-corrected chi connectivity index (χ0v) is 12.5. The average molecular weight is 263 g/mol. The van der Waals surface area contributed by atoms with E-state index < -0.39 is 0 Å². The number of rotatable bonds is 4. The molecule has 106 valence electrons. The van der Waals surface area contributed by atoms with Gasteiger partial charge in [-0.15, -0.1) is 0 Å². The van der Waals surface area contributed by atoms with Gasteiger partial charge in [0, 0.05) is 33.8 Å². The molecule has 0 amide bonds. The second kappa shape index (κ2) is 6.19. The summed E-state index contributed by atoms with van der Waals surface area (Å²) in [5, 5.41) is 3.41. The van der Waals surface area contributed by atoms with E-state index >= 15 is 0 Å². The normalized spacial score (nSPS) is 16.4. The van der Waals surface area contributed by atoms with Gasteiger partial charge in [-0.05, 0) is 38.8 Å². The zero-order chi connectivity index (χ0) is 13.8. The van der Waals surface area contributed by atoms with Crippen molar-refractivity contribution in [1.29, 1.82) is 0 Å². The third kappa shape index (κ3) is 3.80. The molecule has 5 heteroatoms. The van der Waals surface area contributed by atoms with Crippen molar-refractivity contribution >= 4 is 11.6 Å². The lowest BCUT2D eigenvalue weighted by Crippen LogP contribution is -2.35. The minimum Gasteiger partial charge on any atom is -0.363 e. The number of nitrogens with zero attached hydrogens (tertiary/aromatic N) is 4. The van der Waals surface area contributed by atoms with E-state index in [9.17, 15) is 0 Å². The summed E-state index contributed by atoms with van der Waals surface area (Å²) in [5.74, 6) is 3.59. The Morgan fingerprint density at radius 3 is 2.42 bits per heavy atom. The summed E-state index contributed by atoms with van der Waals surface area (Å²) in [6.45, 7) is 5.31. The molecule has 1 N–H and O–H groups in total. The topological polar surface area (TPSA) is 44.3 Å². The molecule has 0 aliphatic carbocycles. The van der Waals surface area contributed by atoms with Gasteiger partial charge < -0.3 is 15.1 Å². The lowest BCUT2D eigenvalue weighted by molar-refractivity contribution is 0.377. The molecule has 19 heavy (non-hydrogen) atoms. The van der Waals surface area contributed by atoms with E-state index in [1.807, 2.05) is 25.9 Å². The van der Waals surface area contributed by atoms with Gasteiger partial charge in [0.05, 0.1) is 0 Å². The van der Waals surface area contributed by atoms with Crippen LogP contribution in [0.15, 0.2) is 6.07 Å². The zero-order valence-electron chi connectivity index (χ0n) is 12.5. The van der Waals surface area contributed by atoms with Crippen molar-refractivity contribution in [2.45, 2.75) is 19.8 Å². The lowest BCUT2D eigenvalue weighted by atomic mass is 9.98. The predicted molar refractivity (Wildman–Crippen MR) is 80.0 cm³/mol. The van der Waals surface area contributed by atoms with Crippen LogP contribution in [0.4, 0.5) is 11.6 Å². The molecule has 2 rings (SSSR count). The molecule has 1 aromatic rings. The summed E-state index contributed by atoms with van der Waals surface area (Å²) < 4.78 is 0. The molecule has 1 aromatic heterocycles. The maximum Gasteiger partial charge on any atom is 0.134 e. The van der Waals surface area contributed by atoms with Gasteiger partial charge in [-0.2, -0.15) is 0 Å². The number of piperidine rings is 1. The molecule has 0 saturated carbocycles. The molecule has 5 nitrogen and oxygen atoms in total. The van der Waals surface area contributed by atoms with E-state index in [1.54, 1.807) is 0 Å². The van der Waals surface area contributed by atoms with E-state index in [-0.39, 0.29) is 0 Å². The van der Waals surface area contributed by atoms with Gasteiger partial charge in [0.25, 0.3) is 0 Å². The SMILES string of the molecule is Cc1nc(N(C)C)cc(N(C)CC2CCNCC2)n1. The standard InChI is InChI=1S/C14H25N5/c1-11-16-13(18(2)3)9-14(17-11)19(4)10-12-5-7-15-8-6-12/h9,12,15H,5-8,10H2,1-4H3. The highest BCUT2D eigenvalue weighted by molar-refractivity contribution is 5.49. The summed E-state index contributed by atoms with van der Waals surface area (Å²) in [6, 6.07) is 2.06. The van der Waals surface area contributed by atoms with Crippen molar-refractivity contribution in [2.24, 2.45) is 5.92 Å². The Labute approximate surface area is 116 Å². The first kappa shape index (κ1) is 14.1. The Morgan fingerprint density at radius 2 is 1.79 bits per heavy atom. The highest BCUT2D eigenvalue weighted by Crippen LogP contribution is 2.20. The number of anilines is 2. The van der Waals surface area contributed by atoms with Crippen LogP contribution < -0.4 is 15.1 Å². The average Bonchev–Trinajstić information content (AvgIpc) is 2.39. The first-order chi connectivity index (χ1) is 9.06. The van der Waals surface area contributed by atoms with Crippen molar-refractivity contribution in [3.63, 3.8) is 0 Å². The number of hydrogen-bond donors (Lipinski definition) is 1. The fourth-order valence-electron chi connectivity index (χ4n) is 2.51. The number of nitrogens with one attached hydrogen (secondary N) is 1. The molecule has 1 aliphatic heterocycles. The fourth-order valence-corrected chi connectivity index (χ4v) is 2.51. The van der Waals surface area contributed by atoms with E-state index in [0.717, 1.165) is 43.0 Å². The van der Waals surface area contributed by atoms with Gasteiger partial charge in [-0.25, -0.2) is 9.97 Å². The van der Waals surface area contributed by atoms with Crippen LogP contribution in [0.5, 0.6) is 0 Å². The van der Waals surface area contributed by atoms with Crippen molar-refractivity contribution < 1.29 is 0 Å². The molecule has 2 heterocycles. The van der Waals surface area contributed by atoms with Gasteiger partial charge in [0.2, 0.25) is 0 Å². The maximum atomic E-state index is 4.55. The van der Waals surface area contributed by atoms with Crippen LogP contribution in [0, 0.1) is 12.8 Å². The van der Waals surface area contributed by atoms with E-state index in [2.05, 4.69) is 33.3 Å². The first-order valence-electron chi connectivity index (χ1n) is 7.01. The van der Waals surface area contributed by atoms with Crippen LogP contribution in [-0.4, -0.2) is 50.7 Å². The summed E-state index contributed by atoms with van der Waals surface area (Å²) in [7, 11) is 6.15. The Balaban J connectivity index is 2.07. The van der Waals surface area contributed by atoms with Crippen LogP contribution in [0.1, 0.15) is 18.7 Å². The highest BCUT2D eigenvalue weighted by atomic mass is 15.2. The van der Waals surface area contributed by atoms with Crippen molar-refractivity contribution in [3.8, 4) is 0 Å². The number of aromatic nitrogens is 2. The third-order valence-corrected chi connectivity index (χ3v) is 3.65. The Kier molecular flexibility index (Phi) is 4.58. The van der Waals surface area contributed by atoms with Crippen molar-refractivity contribution in [3.05, 3.63) is 11.9 Å². The Morgan fingerprint density at radius 1 is 1.16 bits per heavy atom. The first-order valence-corrected chi connectivity index (χ1v) is 7.01. The van der Waals surface area contributed by atoms with Crippen LogP contribution >= 0.6 is 0 Å². The molecule has 1 fully saturated rings. The summed E-state index contributed by atoms with van der Waals surface area (Å²) in [4.78, 5) is 13.3. The lowest BCUT2D eigenvalue weighted by Gasteiger charge is -2.28. The van der Waals surface area contributed by atoms with E-state index in [4.69, 9.17) is 0 Å². The van der Waals surface area contributed by atoms with Crippen LogP contribution in [0.2, 0.25) is 0 Å². The maximum absolute atomic E-state index is 4.55. The highest BCUT2D eigenvalue weighted by Gasteiger charge is 2.16.